The van der Waals surface area contributed by atoms with Crippen molar-refractivity contribution in [2.75, 3.05) is 12.3 Å². The number of thioether (sulfide) groups is 1. The molecule has 0 radical (unpaired) electrons. The minimum atomic E-state index is -0.342. The fourth-order valence-electron chi connectivity index (χ4n) is 2.15. The second-order valence-corrected chi connectivity index (χ2v) is 7.27. The molecule has 0 atom stereocenters. The van der Waals surface area contributed by atoms with Gasteiger partial charge in [0.25, 0.3) is 5.91 Å². The van der Waals surface area contributed by atoms with E-state index in [0.29, 0.717) is 17.9 Å². The highest BCUT2D eigenvalue weighted by Gasteiger charge is 2.10. The molecule has 0 unspecified atom stereocenters. The molecule has 27 heavy (non-hydrogen) atoms. The maximum Gasteiger partial charge on any atom is 0.253 e. The summed E-state index contributed by atoms with van der Waals surface area (Å²) in [7, 11) is 0. The number of ether oxygens (including phenoxy) is 1. The van der Waals surface area contributed by atoms with Crippen molar-refractivity contribution in [3.63, 3.8) is 0 Å². The van der Waals surface area contributed by atoms with Gasteiger partial charge in [0.05, 0.1) is 30.6 Å². The third-order valence-electron chi connectivity index (χ3n) is 3.53. The molecule has 1 aromatic carbocycles. The van der Waals surface area contributed by atoms with Crippen LogP contribution in [0.2, 0.25) is 0 Å². The lowest BCUT2D eigenvalue weighted by Gasteiger charge is -2.09. The van der Waals surface area contributed by atoms with E-state index in [0.717, 1.165) is 11.1 Å². The number of benzene rings is 1. The van der Waals surface area contributed by atoms with Crippen molar-refractivity contribution >= 4 is 23.5 Å². The van der Waals surface area contributed by atoms with Crippen LogP contribution >= 0.6 is 11.8 Å². The average Bonchev–Trinajstić information content (AvgIpc) is 2.66. The lowest BCUT2D eigenvalue weighted by Crippen LogP contribution is -2.30. The van der Waals surface area contributed by atoms with E-state index >= 15 is 0 Å². The molecule has 1 amide bonds. The number of pyridine rings is 1. The van der Waals surface area contributed by atoms with Crippen LogP contribution in [-0.4, -0.2) is 35.1 Å². The molecule has 1 heterocycles. The Bertz CT molecular complexity index is 766. The Morgan fingerprint density at radius 1 is 1.19 bits per heavy atom. The van der Waals surface area contributed by atoms with E-state index in [-0.39, 0.29) is 35.9 Å². The number of rotatable bonds is 10. The monoisotopic (exact) mass is 390 g/mol. The summed E-state index contributed by atoms with van der Waals surface area (Å²) in [6.07, 6.45) is 3.20. The van der Waals surface area contributed by atoms with Gasteiger partial charge in [-0.2, -0.15) is 0 Å². The number of hydrogen-bond acceptors (Lipinski definition) is 5. The number of aromatic nitrogens is 1. The molecule has 144 valence electrons. The SMILES string of the molecule is CC(C)OCc1cncc(C(=O)NCC(=O)CSCc2ccc(F)cc2)c1. The van der Waals surface area contributed by atoms with Crippen LogP contribution in [-0.2, 0) is 21.9 Å². The quantitative estimate of drug-likeness (QED) is 0.674. The maximum absolute atomic E-state index is 12.8. The van der Waals surface area contributed by atoms with Crippen molar-refractivity contribution in [3.05, 3.63) is 65.2 Å². The van der Waals surface area contributed by atoms with Crippen LogP contribution in [0.4, 0.5) is 4.39 Å². The number of hydrogen-bond donors (Lipinski definition) is 1. The zero-order valence-electron chi connectivity index (χ0n) is 15.4. The lowest BCUT2D eigenvalue weighted by molar-refractivity contribution is -0.115. The van der Waals surface area contributed by atoms with Gasteiger partial charge in [0.1, 0.15) is 5.82 Å². The summed E-state index contributed by atoms with van der Waals surface area (Å²) in [5.74, 6) is 0.185. The standard InChI is InChI=1S/C20H23FN2O3S/c1-14(2)26-11-16-7-17(9-22-8-16)20(25)23-10-19(24)13-27-12-15-3-5-18(21)6-4-15/h3-9,14H,10-13H2,1-2H3,(H,23,25). The van der Waals surface area contributed by atoms with Gasteiger partial charge < -0.3 is 10.1 Å². The zero-order chi connectivity index (χ0) is 19.6. The van der Waals surface area contributed by atoms with Crippen LogP contribution in [0.5, 0.6) is 0 Å². The van der Waals surface area contributed by atoms with Gasteiger partial charge in [-0.05, 0) is 43.2 Å². The Balaban J connectivity index is 1.73. The number of carbonyl (C=O) groups excluding carboxylic acids is 2. The van der Waals surface area contributed by atoms with E-state index in [1.54, 1.807) is 24.4 Å². The first-order chi connectivity index (χ1) is 12.9. The van der Waals surface area contributed by atoms with Gasteiger partial charge in [-0.25, -0.2) is 4.39 Å². The van der Waals surface area contributed by atoms with Gasteiger partial charge in [0.15, 0.2) is 5.78 Å². The van der Waals surface area contributed by atoms with Crippen molar-refractivity contribution in [2.45, 2.75) is 32.3 Å². The Labute approximate surface area is 162 Å². The third-order valence-corrected chi connectivity index (χ3v) is 4.60. The Kier molecular flexibility index (Phi) is 8.42. The van der Waals surface area contributed by atoms with Gasteiger partial charge in [-0.15, -0.1) is 11.8 Å². The van der Waals surface area contributed by atoms with E-state index in [1.807, 2.05) is 13.8 Å². The number of carbonyl (C=O) groups is 2. The summed E-state index contributed by atoms with van der Waals surface area (Å²) >= 11 is 1.43. The molecule has 0 aliphatic rings. The molecule has 1 aromatic heterocycles. The van der Waals surface area contributed by atoms with Gasteiger partial charge in [-0.1, -0.05) is 12.1 Å². The Morgan fingerprint density at radius 2 is 1.93 bits per heavy atom. The molecule has 2 rings (SSSR count). The first-order valence-electron chi connectivity index (χ1n) is 8.61. The number of halogens is 1. The normalized spacial score (nSPS) is 10.8. The van der Waals surface area contributed by atoms with Crippen LogP contribution in [0.1, 0.15) is 35.3 Å². The third kappa shape index (κ3) is 7.88. The fourth-order valence-corrected chi connectivity index (χ4v) is 3.01. The second kappa shape index (κ2) is 10.8. The minimum absolute atomic E-state index is 0.0397. The summed E-state index contributed by atoms with van der Waals surface area (Å²) < 4.78 is 18.3. The van der Waals surface area contributed by atoms with Crippen molar-refractivity contribution in [1.29, 1.82) is 0 Å². The highest BCUT2D eigenvalue weighted by atomic mass is 32.2. The van der Waals surface area contributed by atoms with Crippen LogP contribution in [0.3, 0.4) is 0 Å². The molecule has 5 nitrogen and oxygen atoms in total. The van der Waals surface area contributed by atoms with Crippen LogP contribution < -0.4 is 5.32 Å². The highest BCUT2D eigenvalue weighted by molar-refractivity contribution is 7.99. The zero-order valence-corrected chi connectivity index (χ0v) is 16.2. The molecule has 0 aliphatic carbocycles. The first-order valence-corrected chi connectivity index (χ1v) is 9.77. The topological polar surface area (TPSA) is 68.3 Å². The Hall–Kier alpha value is -2.25. The molecular weight excluding hydrogens is 367 g/mol. The molecule has 0 aliphatic heterocycles. The number of nitrogens with zero attached hydrogens (tertiary/aromatic N) is 1. The summed E-state index contributed by atoms with van der Waals surface area (Å²) in [5.41, 5.74) is 2.15. The highest BCUT2D eigenvalue weighted by Crippen LogP contribution is 2.12. The summed E-state index contributed by atoms with van der Waals surface area (Å²) in [5, 5.41) is 2.61. The second-order valence-electron chi connectivity index (χ2n) is 6.28. The van der Waals surface area contributed by atoms with E-state index < -0.39 is 0 Å². The van der Waals surface area contributed by atoms with Crippen molar-refractivity contribution < 1.29 is 18.7 Å². The van der Waals surface area contributed by atoms with Crippen molar-refractivity contribution in [2.24, 2.45) is 0 Å². The lowest BCUT2D eigenvalue weighted by atomic mass is 10.2. The van der Waals surface area contributed by atoms with Crippen molar-refractivity contribution in [3.8, 4) is 0 Å². The predicted octanol–water partition coefficient (Wildman–Crippen LogP) is 3.38. The summed E-state index contributed by atoms with van der Waals surface area (Å²) in [6, 6.07) is 7.88. The molecule has 0 bridgehead atoms. The van der Waals surface area contributed by atoms with Crippen LogP contribution in [0.15, 0.2) is 42.7 Å². The predicted molar refractivity (Wildman–Crippen MR) is 104 cm³/mol. The molecule has 7 heteroatoms. The minimum Gasteiger partial charge on any atom is -0.374 e. The maximum atomic E-state index is 12.8. The summed E-state index contributed by atoms with van der Waals surface area (Å²) in [4.78, 5) is 28.2. The molecule has 0 saturated heterocycles. The average molecular weight is 390 g/mol. The Morgan fingerprint density at radius 3 is 2.63 bits per heavy atom. The molecule has 1 N–H and O–H groups in total. The van der Waals surface area contributed by atoms with E-state index in [4.69, 9.17) is 4.74 Å². The van der Waals surface area contributed by atoms with E-state index in [2.05, 4.69) is 10.3 Å². The van der Waals surface area contributed by atoms with Gasteiger partial charge in [0.2, 0.25) is 0 Å². The number of ketones is 1. The number of nitrogens with one attached hydrogen (secondary N) is 1. The first kappa shape index (κ1) is 21.1. The number of amides is 1. The van der Waals surface area contributed by atoms with E-state index in [9.17, 15) is 14.0 Å². The van der Waals surface area contributed by atoms with Gasteiger partial charge in [-0.3, -0.25) is 14.6 Å². The van der Waals surface area contributed by atoms with Crippen LogP contribution in [0, 0.1) is 5.82 Å². The van der Waals surface area contributed by atoms with Crippen LogP contribution in [0.25, 0.3) is 0 Å². The van der Waals surface area contributed by atoms with Gasteiger partial charge >= 0.3 is 0 Å². The molecule has 0 fully saturated rings. The van der Waals surface area contributed by atoms with Gasteiger partial charge in [0, 0.05) is 18.1 Å². The molecule has 0 saturated carbocycles. The fraction of sp³-hybridized carbons (Fsp3) is 0.350. The largest absolute Gasteiger partial charge is 0.374 e. The smallest absolute Gasteiger partial charge is 0.253 e. The van der Waals surface area contributed by atoms with Crippen molar-refractivity contribution in [1.82, 2.24) is 10.3 Å². The molecular formula is C20H23FN2O3S. The molecule has 0 spiro atoms. The number of Topliss-reactive ketones (excluding diaryl/α,β-unsaturated/α-hetero) is 1. The summed E-state index contributed by atoms with van der Waals surface area (Å²) in [6.45, 7) is 4.21. The molecule has 2 aromatic rings. The van der Waals surface area contributed by atoms with E-state index in [1.165, 1.54) is 30.1 Å².